The third-order valence-electron chi connectivity index (χ3n) is 3.22. The topological polar surface area (TPSA) is 26.3 Å². The minimum absolute atomic E-state index is 0.0881. The highest BCUT2D eigenvalue weighted by atomic mass is 19.1. The molecule has 19 heavy (non-hydrogen) atoms. The number of ether oxygens (including phenoxy) is 1. The van der Waals surface area contributed by atoms with Gasteiger partial charge >= 0.3 is 5.97 Å². The van der Waals surface area contributed by atoms with Crippen molar-refractivity contribution >= 4 is 5.97 Å². The Bertz CT molecular complexity index is 638. The van der Waals surface area contributed by atoms with Crippen LogP contribution >= 0.6 is 0 Å². The lowest BCUT2D eigenvalue weighted by molar-refractivity contribution is 0.0241. The molecule has 2 aromatic carbocycles. The maximum absolute atomic E-state index is 13.7. The first kappa shape index (κ1) is 11.8. The number of halogens is 2. The van der Waals surface area contributed by atoms with Crippen LogP contribution in [0.25, 0.3) is 0 Å². The Morgan fingerprint density at radius 2 is 1.68 bits per heavy atom. The Morgan fingerprint density at radius 3 is 2.42 bits per heavy atom. The second-order valence-corrected chi connectivity index (χ2v) is 4.39. The van der Waals surface area contributed by atoms with Crippen molar-refractivity contribution in [3.05, 3.63) is 70.8 Å². The summed E-state index contributed by atoms with van der Waals surface area (Å²) in [5, 5.41) is 0. The summed E-state index contributed by atoms with van der Waals surface area (Å²) in [6, 6.07) is 11.0. The molecule has 0 spiro atoms. The first-order valence-electron chi connectivity index (χ1n) is 5.89. The van der Waals surface area contributed by atoms with Crippen LogP contribution in [0.5, 0.6) is 0 Å². The highest BCUT2D eigenvalue weighted by molar-refractivity contribution is 5.92. The van der Waals surface area contributed by atoms with E-state index in [1.165, 1.54) is 0 Å². The number of carbonyl (C=O) groups excluding carboxylic acids is 1. The molecule has 1 aliphatic rings. The molecule has 2 nitrogen and oxygen atoms in total. The fraction of sp³-hybridized carbons (Fsp3) is 0.133. The number of fused-ring (bicyclic) bond motifs is 1. The standard InChI is InChI=1S/C15H10F2O2/c16-11-6-7-12(17)14-10(11)8-13(19-15(14)18)9-4-2-1-3-5-9/h1-7,13H,8H2. The van der Waals surface area contributed by atoms with Gasteiger partial charge in [-0.2, -0.15) is 0 Å². The molecule has 1 aliphatic heterocycles. The van der Waals surface area contributed by atoms with Gasteiger partial charge in [-0.1, -0.05) is 30.3 Å². The predicted octanol–water partition coefficient (Wildman–Crippen LogP) is 3.42. The number of rotatable bonds is 1. The minimum Gasteiger partial charge on any atom is -0.453 e. The van der Waals surface area contributed by atoms with Crippen LogP contribution in [0.2, 0.25) is 0 Å². The average Bonchev–Trinajstić information content (AvgIpc) is 2.43. The van der Waals surface area contributed by atoms with Crippen LogP contribution in [0, 0.1) is 11.6 Å². The molecule has 0 bridgehead atoms. The summed E-state index contributed by atoms with van der Waals surface area (Å²) in [5.74, 6) is -2.13. The fourth-order valence-corrected chi connectivity index (χ4v) is 2.28. The molecule has 0 N–H and O–H groups in total. The van der Waals surface area contributed by atoms with E-state index in [1.54, 1.807) is 24.3 Å². The lowest BCUT2D eigenvalue weighted by atomic mass is 9.94. The van der Waals surface area contributed by atoms with Gasteiger partial charge in [-0.15, -0.1) is 0 Å². The van der Waals surface area contributed by atoms with Gasteiger partial charge in [0, 0.05) is 12.0 Å². The smallest absolute Gasteiger partial charge is 0.342 e. The molecule has 0 aliphatic carbocycles. The number of cyclic esters (lactones) is 1. The lowest BCUT2D eigenvalue weighted by Crippen LogP contribution is -2.24. The van der Waals surface area contributed by atoms with Crippen molar-refractivity contribution in [1.82, 2.24) is 0 Å². The monoisotopic (exact) mass is 260 g/mol. The Kier molecular flexibility index (Phi) is 2.78. The summed E-state index contributed by atoms with van der Waals surface area (Å²) in [6.07, 6.45) is -0.424. The molecule has 4 heteroatoms. The zero-order valence-electron chi connectivity index (χ0n) is 9.90. The first-order chi connectivity index (χ1) is 9.16. The van der Waals surface area contributed by atoms with E-state index in [0.717, 1.165) is 17.7 Å². The van der Waals surface area contributed by atoms with Crippen LogP contribution in [0.15, 0.2) is 42.5 Å². The molecule has 96 valence electrons. The molecule has 2 aromatic rings. The number of hydrogen-bond acceptors (Lipinski definition) is 2. The van der Waals surface area contributed by atoms with Gasteiger partial charge in [-0.25, -0.2) is 13.6 Å². The summed E-state index contributed by atoms with van der Waals surface area (Å²) in [7, 11) is 0. The van der Waals surface area contributed by atoms with Crippen molar-refractivity contribution in [2.45, 2.75) is 12.5 Å². The Morgan fingerprint density at radius 1 is 1.00 bits per heavy atom. The highest BCUT2D eigenvalue weighted by Crippen LogP contribution is 2.32. The summed E-state index contributed by atoms with van der Waals surface area (Å²) in [6.45, 7) is 0. The normalized spacial score (nSPS) is 17.8. The van der Waals surface area contributed by atoms with Crippen LogP contribution in [0.4, 0.5) is 8.78 Å². The number of carbonyl (C=O) groups is 1. The van der Waals surface area contributed by atoms with E-state index >= 15 is 0 Å². The second kappa shape index (κ2) is 4.46. The molecular weight excluding hydrogens is 250 g/mol. The number of hydrogen-bond donors (Lipinski definition) is 0. The molecule has 1 atom stereocenters. The van der Waals surface area contributed by atoms with Crippen molar-refractivity contribution in [3.8, 4) is 0 Å². The summed E-state index contributed by atoms with van der Waals surface area (Å²) in [4.78, 5) is 11.8. The van der Waals surface area contributed by atoms with E-state index in [-0.39, 0.29) is 17.5 Å². The third-order valence-corrected chi connectivity index (χ3v) is 3.22. The third kappa shape index (κ3) is 1.99. The lowest BCUT2D eigenvalue weighted by Gasteiger charge is -2.25. The molecule has 0 fully saturated rings. The van der Waals surface area contributed by atoms with Gasteiger partial charge in [0.25, 0.3) is 0 Å². The van der Waals surface area contributed by atoms with Crippen molar-refractivity contribution in [3.63, 3.8) is 0 Å². The predicted molar refractivity (Wildman–Crippen MR) is 64.7 cm³/mol. The summed E-state index contributed by atoms with van der Waals surface area (Å²) in [5.41, 5.74) is 0.572. The molecule has 0 amide bonds. The van der Waals surface area contributed by atoms with E-state index in [1.807, 2.05) is 6.07 Å². The maximum atomic E-state index is 13.7. The molecule has 0 saturated heterocycles. The Hall–Kier alpha value is -2.23. The second-order valence-electron chi connectivity index (χ2n) is 4.39. The number of esters is 1. The van der Waals surface area contributed by atoms with E-state index < -0.39 is 23.7 Å². The Labute approximate surface area is 108 Å². The molecule has 1 heterocycles. The van der Waals surface area contributed by atoms with Gasteiger partial charge in [0.15, 0.2) is 0 Å². The van der Waals surface area contributed by atoms with E-state index in [4.69, 9.17) is 4.74 Å². The van der Waals surface area contributed by atoms with Crippen molar-refractivity contribution in [1.29, 1.82) is 0 Å². The van der Waals surface area contributed by atoms with Gasteiger partial charge in [0.2, 0.25) is 0 Å². The van der Waals surface area contributed by atoms with Gasteiger partial charge in [-0.3, -0.25) is 0 Å². The van der Waals surface area contributed by atoms with E-state index in [0.29, 0.717) is 0 Å². The van der Waals surface area contributed by atoms with Crippen LogP contribution < -0.4 is 0 Å². The largest absolute Gasteiger partial charge is 0.453 e. The first-order valence-corrected chi connectivity index (χ1v) is 5.89. The van der Waals surface area contributed by atoms with Crippen LogP contribution in [0.3, 0.4) is 0 Å². The number of benzene rings is 2. The molecule has 0 radical (unpaired) electrons. The van der Waals surface area contributed by atoms with Gasteiger partial charge in [0.05, 0.1) is 0 Å². The van der Waals surface area contributed by atoms with Gasteiger partial charge < -0.3 is 4.74 Å². The van der Waals surface area contributed by atoms with E-state index in [2.05, 4.69) is 0 Å². The maximum Gasteiger partial charge on any atom is 0.342 e. The highest BCUT2D eigenvalue weighted by Gasteiger charge is 2.32. The fourth-order valence-electron chi connectivity index (χ4n) is 2.28. The summed E-state index contributed by atoms with van der Waals surface area (Å²) >= 11 is 0. The summed E-state index contributed by atoms with van der Waals surface area (Å²) < 4.78 is 32.5. The zero-order valence-corrected chi connectivity index (χ0v) is 9.90. The quantitative estimate of drug-likeness (QED) is 0.734. The molecule has 0 saturated carbocycles. The molecular formula is C15H10F2O2. The molecule has 0 aromatic heterocycles. The molecule has 3 rings (SSSR count). The van der Waals surface area contributed by atoms with Crippen molar-refractivity contribution < 1.29 is 18.3 Å². The van der Waals surface area contributed by atoms with E-state index in [9.17, 15) is 13.6 Å². The van der Waals surface area contributed by atoms with Crippen molar-refractivity contribution in [2.75, 3.05) is 0 Å². The van der Waals surface area contributed by atoms with Gasteiger partial charge in [0.1, 0.15) is 23.3 Å². The average molecular weight is 260 g/mol. The van der Waals surface area contributed by atoms with Gasteiger partial charge in [-0.05, 0) is 17.7 Å². The minimum atomic E-state index is -0.813. The molecule has 1 unspecified atom stereocenters. The van der Waals surface area contributed by atoms with Crippen LogP contribution in [0.1, 0.15) is 27.6 Å². The zero-order chi connectivity index (χ0) is 13.4. The SMILES string of the molecule is O=C1OC(c2ccccc2)Cc2c(F)ccc(F)c21. The van der Waals surface area contributed by atoms with Crippen molar-refractivity contribution in [2.24, 2.45) is 0 Å². The Balaban J connectivity index is 2.05. The van der Waals surface area contributed by atoms with Crippen LogP contribution in [-0.4, -0.2) is 5.97 Å². The van der Waals surface area contributed by atoms with Crippen LogP contribution in [-0.2, 0) is 11.2 Å².